The second-order valence-corrected chi connectivity index (χ2v) is 7.14. The van der Waals surface area contributed by atoms with Crippen molar-refractivity contribution in [2.24, 2.45) is 0 Å². The van der Waals surface area contributed by atoms with Crippen LogP contribution in [0.5, 0.6) is 5.75 Å². The van der Waals surface area contributed by atoms with Crippen LogP contribution in [0, 0.1) is 0 Å². The van der Waals surface area contributed by atoms with E-state index in [9.17, 15) is 4.79 Å². The van der Waals surface area contributed by atoms with Gasteiger partial charge in [0.15, 0.2) is 0 Å². The molecule has 0 radical (unpaired) electrons. The molecular formula is C22H30N3O2+. The lowest BCUT2D eigenvalue weighted by Gasteiger charge is -2.33. The number of carbonyl (C=O) groups excluding carboxylic acids is 1. The Hall–Kier alpha value is -2.53. The van der Waals surface area contributed by atoms with Gasteiger partial charge in [-0.05, 0) is 42.8 Å². The molecule has 144 valence electrons. The second kappa shape index (κ2) is 9.42. The first kappa shape index (κ1) is 19.2. The van der Waals surface area contributed by atoms with E-state index in [0.29, 0.717) is 12.2 Å². The Morgan fingerprint density at radius 2 is 1.81 bits per heavy atom. The molecule has 5 nitrogen and oxygen atoms in total. The Labute approximate surface area is 161 Å². The fourth-order valence-electron chi connectivity index (χ4n) is 3.22. The smallest absolute Gasteiger partial charge is 0.255 e. The molecule has 0 bridgehead atoms. The van der Waals surface area contributed by atoms with Crippen molar-refractivity contribution in [3.8, 4) is 5.75 Å². The third-order valence-electron chi connectivity index (χ3n) is 4.99. The van der Waals surface area contributed by atoms with Gasteiger partial charge in [0.05, 0.1) is 51.2 Å². The highest BCUT2D eigenvalue weighted by Crippen LogP contribution is 2.26. The number of nitrogens with zero attached hydrogens (tertiary/aromatic N) is 1. The molecule has 1 aliphatic rings. The summed E-state index contributed by atoms with van der Waals surface area (Å²) in [5, 5.41) is 3.08. The summed E-state index contributed by atoms with van der Waals surface area (Å²) in [5.41, 5.74) is 2.60. The fraction of sp³-hybridized carbons (Fsp3) is 0.409. The van der Waals surface area contributed by atoms with Gasteiger partial charge in [-0.3, -0.25) is 4.79 Å². The first-order valence-corrected chi connectivity index (χ1v) is 9.87. The average molecular weight is 369 g/mol. The van der Waals surface area contributed by atoms with Crippen molar-refractivity contribution in [3.05, 3.63) is 54.1 Å². The van der Waals surface area contributed by atoms with E-state index in [1.165, 1.54) is 0 Å². The van der Waals surface area contributed by atoms with E-state index in [0.717, 1.165) is 56.1 Å². The Bertz CT molecular complexity index is 737. The molecule has 0 atom stereocenters. The largest absolute Gasteiger partial charge is 0.494 e. The zero-order valence-corrected chi connectivity index (χ0v) is 16.3. The lowest BCUT2D eigenvalue weighted by molar-refractivity contribution is -0.880. The molecule has 1 amide bonds. The van der Waals surface area contributed by atoms with Crippen LogP contribution in [-0.2, 0) is 0 Å². The summed E-state index contributed by atoms with van der Waals surface area (Å²) in [5.74, 6) is 0.711. The van der Waals surface area contributed by atoms with Crippen molar-refractivity contribution in [3.63, 3.8) is 0 Å². The molecule has 1 aliphatic heterocycles. The van der Waals surface area contributed by atoms with Crippen molar-refractivity contribution in [1.82, 2.24) is 0 Å². The number of hydrogen-bond donors (Lipinski definition) is 2. The van der Waals surface area contributed by atoms with Gasteiger partial charge < -0.3 is 19.9 Å². The van der Waals surface area contributed by atoms with Crippen LogP contribution < -0.4 is 19.9 Å². The summed E-state index contributed by atoms with van der Waals surface area (Å²) >= 11 is 0. The number of hydrogen-bond acceptors (Lipinski definition) is 3. The zero-order valence-electron chi connectivity index (χ0n) is 16.3. The summed E-state index contributed by atoms with van der Waals surface area (Å²) in [6.07, 6.45) is 2.14. The maximum atomic E-state index is 12.7. The number of piperazine rings is 1. The minimum Gasteiger partial charge on any atom is -0.494 e. The quantitative estimate of drug-likeness (QED) is 0.738. The van der Waals surface area contributed by atoms with E-state index in [2.05, 4.69) is 30.3 Å². The number of para-hydroxylation sites is 2. The number of unbranched alkanes of at least 4 members (excludes halogenated alkanes) is 1. The number of amides is 1. The molecule has 2 N–H and O–H groups in total. The Kier molecular flexibility index (Phi) is 6.71. The predicted molar refractivity (Wildman–Crippen MR) is 110 cm³/mol. The second-order valence-electron chi connectivity index (χ2n) is 7.14. The molecule has 1 heterocycles. The molecule has 3 rings (SSSR count). The van der Waals surface area contributed by atoms with Crippen LogP contribution in [0.4, 0.5) is 11.4 Å². The number of benzene rings is 2. The SMILES string of the molecule is CCCCOc1ccc(C(=O)Nc2ccccc2N2CC[NH+](C)CC2)cc1. The average Bonchev–Trinajstić information content (AvgIpc) is 2.70. The van der Waals surface area contributed by atoms with Crippen LogP contribution in [0.15, 0.2) is 48.5 Å². The molecule has 0 unspecified atom stereocenters. The van der Waals surface area contributed by atoms with Crippen molar-refractivity contribution < 1.29 is 14.4 Å². The minimum absolute atomic E-state index is 0.0951. The number of ether oxygens (including phenoxy) is 1. The molecule has 27 heavy (non-hydrogen) atoms. The molecule has 0 saturated carbocycles. The normalized spacial score (nSPS) is 14.8. The monoisotopic (exact) mass is 368 g/mol. The van der Waals surface area contributed by atoms with Gasteiger partial charge >= 0.3 is 0 Å². The lowest BCUT2D eigenvalue weighted by Crippen LogP contribution is -3.12. The van der Waals surface area contributed by atoms with E-state index in [4.69, 9.17) is 4.74 Å². The molecule has 2 aromatic rings. The highest BCUT2D eigenvalue weighted by Gasteiger charge is 2.20. The maximum absolute atomic E-state index is 12.7. The van der Waals surface area contributed by atoms with Crippen molar-refractivity contribution in [2.45, 2.75) is 19.8 Å². The van der Waals surface area contributed by atoms with Crippen LogP contribution in [0.1, 0.15) is 30.1 Å². The molecule has 0 aliphatic carbocycles. The van der Waals surface area contributed by atoms with Gasteiger partial charge in [-0.25, -0.2) is 0 Å². The maximum Gasteiger partial charge on any atom is 0.255 e. The molecule has 5 heteroatoms. The van der Waals surface area contributed by atoms with Gasteiger partial charge in [-0.1, -0.05) is 25.5 Å². The summed E-state index contributed by atoms with van der Waals surface area (Å²) < 4.78 is 5.67. The van der Waals surface area contributed by atoms with Gasteiger partial charge in [0.2, 0.25) is 0 Å². The molecule has 1 saturated heterocycles. The molecule has 2 aromatic carbocycles. The third-order valence-corrected chi connectivity index (χ3v) is 4.99. The van der Waals surface area contributed by atoms with Crippen LogP contribution >= 0.6 is 0 Å². The van der Waals surface area contributed by atoms with Gasteiger partial charge in [-0.2, -0.15) is 0 Å². The van der Waals surface area contributed by atoms with Crippen LogP contribution in [0.2, 0.25) is 0 Å². The van der Waals surface area contributed by atoms with E-state index in [-0.39, 0.29) is 5.91 Å². The third kappa shape index (κ3) is 5.23. The van der Waals surface area contributed by atoms with Crippen LogP contribution in [-0.4, -0.2) is 45.7 Å². The summed E-state index contributed by atoms with van der Waals surface area (Å²) in [4.78, 5) is 16.6. The number of likely N-dealkylation sites (N-methyl/N-ethyl adjacent to an activating group) is 1. The molecular weight excluding hydrogens is 338 g/mol. The van der Waals surface area contributed by atoms with Gasteiger partial charge in [-0.15, -0.1) is 0 Å². The Morgan fingerprint density at radius 1 is 1.11 bits per heavy atom. The van der Waals surface area contributed by atoms with Crippen molar-refractivity contribution in [2.75, 3.05) is 50.1 Å². The van der Waals surface area contributed by atoms with E-state index in [1.807, 2.05) is 42.5 Å². The van der Waals surface area contributed by atoms with E-state index < -0.39 is 0 Å². The zero-order chi connectivity index (χ0) is 19.1. The molecule has 0 aromatic heterocycles. The van der Waals surface area contributed by atoms with E-state index >= 15 is 0 Å². The number of nitrogens with one attached hydrogen (secondary N) is 2. The molecule has 0 spiro atoms. The first-order chi connectivity index (χ1) is 13.2. The highest BCUT2D eigenvalue weighted by atomic mass is 16.5. The number of anilines is 2. The van der Waals surface area contributed by atoms with E-state index in [1.54, 1.807) is 4.90 Å². The van der Waals surface area contributed by atoms with Gasteiger partial charge in [0, 0.05) is 5.56 Å². The van der Waals surface area contributed by atoms with Crippen molar-refractivity contribution >= 4 is 17.3 Å². The Balaban J connectivity index is 1.65. The van der Waals surface area contributed by atoms with Gasteiger partial charge in [0.25, 0.3) is 5.91 Å². The standard InChI is InChI=1S/C22H29N3O2/c1-3-4-17-27-19-11-9-18(10-12-19)22(26)23-20-7-5-6-8-21(20)25-15-13-24(2)14-16-25/h5-12H,3-4,13-17H2,1-2H3,(H,23,26)/p+1. The predicted octanol–water partition coefficient (Wildman–Crippen LogP) is 2.45. The minimum atomic E-state index is -0.0951. The van der Waals surface area contributed by atoms with Crippen LogP contribution in [0.25, 0.3) is 0 Å². The number of rotatable bonds is 7. The molecule has 1 fully saturated rings. The number of quaternary nitrogens is 1. The summed E-state index contributed by atoms with van der Waals surface area (Å²) in [7, 11) is 2.22. The highest BCUT2D eigenvalue weighted by molar-refractivity contribution is 6.06. The summed E-state index contributed by atoms with van der Waals surface area (Å²) in [6, 6.07) is 15.4. The summed E-state index contributed by atoms with van der Waals surface area (Å²) in [6.45, 7) is 7.08. The van der Waals surface area contributed by atoms with Crippen molar-refractivity contribution in [1.29, 1.82) is 0 Å². The number of carbonyl (C=O) groups is 1. The first-order valence-electron chi connectivity index (χ1n) is 9.87. The Morgan fingerprint density at radius 3 is 2.52 bits per heavy atom. The topological polar surface area (TPSA) is 46.0 Å². The fourth-order valence-corrected chi connectivity index (χ4v) is 3.22. The van der Waals surface area contributed by atoms with Gasteiger partial charge in [0.1, 0.15) is 5.75 Å². The lowest BCUT2D eigenvalue weighted by atomic mass is 10.1. The van der Waals surface area contributed by atoms with Crippen LogP contribution in [0.3, 0.4) is 0 Å².